The van der Waals surface area contributed by atoms with Crippen molar-refractivity contribution >= 4 is 11.9 Å². The van der Waals surface area contributed by atoms with E-state index in [0.29, 0.717) is 11.2 Å². The summed E-state index contributed by atoms with van der Waals surface area (Å²) in [6.07, 6.45) is 4.22. The van der Waals surface area contributed by atoms with Crippen molar-refractivity contribution in [1.82, 2.24) is 4.31 Å². The lowest BCUT2D eigenvalue weighted by atomic mass is 10.0. The van der Waals surface area contributed by atoms with E-state index >= 15 is 0 Å². The zero-order chi connectivity index (χ0) is 20.4. The van der Waals surface area contributed by atoms with Crippen LogP contribution < -0.4 is 9.47 Å². The molecule has 0 amide bonds. The van der Waals surface area contributed by atoms with Gasteiger partial charge in [0.25, 0.3) is 0 Å². The standard InChI is InChI=1S/C24H33NO2S/c1-6-8-19(3)24(7-2)28-25(17-20-9-13-22(26-4)14-10-20)18-21-11-15-23(27-5)16-12-21/h6,9-16,19,24H,1,7-8,17-18H2,2-5H3/t19-,24+/m0/s1. The normalized spacial score (nSPS) is 13.2. The van der Waals surface area contributed by atoms with E-state index in [9.17, 15) is 0 Å². The SMILES string of the molecule is C=CC[C@H](C)[C@@H](CC)SN(Cc1ccc(OC)cc1)Cc1ccc(OC)cc1. The van der Waals surface area contributed by atoms with Gasteiger partial charge in [-0.25, -0.2) is 4.31 Å². The third kappa shape index (κ3) is 6.92. The molecule has 0 bridgehead atoms. The molecule has 0 aromatic heterocycles. The molecule has 3 nitrogen and oxygen atoms in total. The molecule has 0 aliphatic carbocycles. The number of hydrogen-bond acceptors (Lipinski definition) is 4. The topological polar surface area (TPSA) is 21.7 Å². The van der Waals surface area contributed by atoms with Crippen molar-refractivity contribution in [2.45, 2.75) is 45.0 Å². The molecule has 0 spiro atoms. The zero-order valence-corrected chi connectivity index (χ0v) is 18.4. The van der Waals surface area contributed by atoms with Crippen molar-refractivity contribution in [3.05, 3.63) is 72.3 Å². The fourth-order valence-corrected chi connectivity index (χ4v) is 4.48. The van der Waals surface area contributed by atoms with Gasteiger partial charge in [0, 0.05) is 18.3 Å². The van der Waals surface area contributed by atoms with Crippen LogP contribution in [0.15, 0.2) is 61.2 Å². The fourth-order valence-electron chi connectivity index (χ4n) is 3.19. The van der Waals surface area contributed by atoms with Gasteiger partial charge in [-0.3, -0.25) is 0 Å². The average molecular weight is 400 g/mol. The van der Waals surface area contributed by atoms with E-state index in [0.717, 1.165) is 37.4 Å². The van der Waals surface area contributed by atoms with Crippen LogP contribution in [0.5, 0.6) is 11.5 Å². The van der Waals surface area contributed by atoms with Gasteiger partial charge >= 0.3 is 0 Å². The molecule has 2 atom stereocenters. The first kappa shape index (κ1) is 22.4. The Kier molecular flexibility index (Phi) is 9.45. The molecule has 0 saturated heterocycles. The van der Waals surface area contributed by atoms with Crippen molar-refractivity contribution in [3.63, 3.8) is 0 Å². The molecule has 2 aromatic carbocycles. The molecule has 4 heteroatoms. The summed E-state index contributed by atoms with van der Waals surface area (Å²) in [5.74, 6) is 2.38. The highest BCUT2D eigenvalue weighted by Gasteiger charge is 2.20. The third-order valence-electron chi connectivity index (χ3n) is 4.90. The van der Waals surface area contributed by atoms with Crippen LogP contribution >= 0.6 is 11.9 Å². The molecule has 28 heavy (non-hydrogen) atoms. The summed E-state index contributed by atoms with van der Waals surface area (Å²) in [4.78, 5) is 0. The maximum absolute atomic E-state index is 5.29. The molecule has 152 valence electrons. The Morgan fingerprint density at radius 1 is 0.929 bits per heavy atom. The summed E-state index contributed by atoms with van der Waals surface area (Å²) >= 11 is 1.97. The van der Waals surface area contributed by atoms with E-state index in [1.54, 1.807) is 14.2 Å². The monoisotopic (exact) mass is 399 g/mol. The van der Waals surface area contributed by atoms with Gasteiger partial charge in [-0.05, 0) is 54.2 Å². The molecule has 0 radical (unpaired) electrons. The molecule has 0 unspecified atom stereocenters. The Morgan fingerprint density at radius 3 is 1.75 bits per heavy atom. The van der Waals surface area contributed by atoms with Crippen molar-refractivity contribution in [2.24, 2.45) is 5.92 Å². The van der Waals surface area contributed by atoms with E-state index in [1.165, 1.54) is 11.1 Å². The summed E-state index contributed by atoms with van der Waals surface area (Å²) in [5, 5.41) is 0.564. The predicted molar refractivity (Wildman–Crippen MR) is 121 cm³/mol. The maximum atomic E-state index is 5.29. The van der Waals surface area contributed by atoms with Crippen molar-refractivity contribution in [1.29, 1.82) is 0 Å². The Bertz CT molecular complexity index is 650. The lowest BCUT2D eigenvalue weighted by molar-refractivity contribution is 0.412. The molecule has 0 heterocycles. The lowest BCUT2D eigenvalue weighted by Crippen LogP contribution is -2.23. The maximum Gasteiger partial charge on any atom is 0.118 e. The molecule has 0 fully saturated rings. The minimum atomic E-state index is 0.564. The second kappa shape index (κ2) is 11.8. The van der Waals surface area contributed by atoms with Crippen molar-refractivity contribution < 1.29 is 9.47 Å². The predicted octanol–water partition coefficient (Wildman–Crippen LogP) is 6.35. The minimum absolute atomic E-state index is 0.564. The van der Waals surface area contributed by atoms with Crippen molar-refractivity contribution in [2.75, 3.05) is 14.2 Å². The molecule has 0 aliphatic heterocycles. The van der Waals surface area contributed by atoms with Crippen LogP contribution in [0.2, 0.25) is 0 Å². The van der Waals surface area contributed by atoms with Gasteiger partial charge < -0.3 is 9.47 Å². The third-order valence-corrected chi connectivity index (χ3v) is 6.52. The highest BCUT2D eigenvalue weighted by Crippen LogP contribution is 2.31. The molecular weight excluding hydrogens is 366 g/mol. The van der Waals surface area contributed by atoms with E-state index in [1.807, 2.05) is 42.3 Å². The molecule has 2 rings (SSSR count). The van der Waals surface area contributed by atoms with Gasteiger partial charge in [-0.2, -0.15) is 0 Å². The molecule has 0 saturated carbocycles. The van der Waals surface area contributed by atoms with E-state index < -0.39 is 0 Å². The number of allylic oxidation sites excluding steroid dienone is 1. The van der Waals surface area contributed by atoms with Gasteiger partial charge in [0.05, 0.1) is 14.2 Å². The quantitative estimate of drug-likeness (QED) is 0.306. The highest BCUT2D eigenvalue weighted by atomic mass is 32.2. The van der Waals surface area contributed by atoms with Crippen LogP contribution in [0.3, 0.4) is 0 Å². The van der Waals surface area contributed by atoms with Gasteiger partial charge in [0.2, 0.25) is 0 Å². The van der Waals surface area contributed by atoms with E-state index in [-0.39, 0.29) is 0 Å². The summed E-state index contributed by atoms with van der Waals surface area (Å²) < 4.78 is 13.1. The van der Waals surface area contributed by atoms with Gasteiger partial charge in [-0.1, -0.05) is 56.1 Å². The Hall–Kier alpha value is -1.91. The first-order valence-corrected chi connectivity index (χ1v) is 10.7. The summed E-state index contributed by atoms with van der Waals surface area (Å²) in [7, 11) is 3.40. The van der Waals surface area contributed by atoms with Crippen LogP contribution in [0.25, 0.3) is 0 Å². The minimum Gasteiger partial charge on any atom is -0.497 e. The first-order valence-electron chi connectivity index (χ1n) is 9.88. The van der Waals surface area contributed by atoms with Crippen LogP contribution in [-0.4, -0.2) is 23.8 Å². The summed E-state index contributed by atoms with van der Waals surface area (Å²) in [5.41, 5.74) is 2.57. The number of ether oxygens (including phenoxy) is 2. The van der Waals surface area contributed by atoms with Gasteiger partial charge in [-0.15, -0.1) is 6.58 Å². The highest BCUT2D eigenvalue weighted by molar-refractivity contribution is 7.97. The largest absolute Gasteiger partial charge is 0.497 e. The van der Waals surface area contributed by atoms with E-state index in [2.05, 4.69) is 49.0 Å². The Balaban J connectivity index is 2.15. The molecule has 0 aliphatic rings. The van der Waals surface area contributed by atoms with Crippen LogP contribution in [0.1, 0.15) is 37.8 Å². The molecule has 2 aromatic rings. The molecular formula is C24H33NO2S. The van der Waals surface area contributed by atoms with Crippen LogP contribution in [-0.2, 0) is 13.1 Å². The summed E-state index contributed by atoms with van der Waals surface area (Å²) in [6.45, 7) is 10.3. The second-order valence-electron chi connectivity index (χ2n) is 7.05. The van der Waals surface area contributed by atoms with Crippen LogP contribution in [0, 0.1) is 5.92 Å². The van der Waals surface area contributed by atoms with Gasteiger partial charge in [0.15, 0.2) is 0 Å². The van der Waals surface area contributed by atoms with Gasteiger partial charge in [0.1, 0.15) is 11.5 Å². The Morgan fingerprint density at radius 2 is 1.39 bits per heavy atom. The number of methoxy groups -OCH3 is 2. The number of benzene rings is 2. The van der Waals surface area contributed by atoms with E-state index in [4.69, 9.17) is 9.47 Å². The second-order valence-corrected chi connectivity index (χ2v) is 8.38. The van der Waals surface area contributed by atoms with Crippen LogP contribution in [0.4, 0.5) is 0 Å². The molecule has 0 N–H and O–H groups in total. The smallest absolute Gasteiger partial charge is 0.118 e. The summed E-state index contributed by atoms with van der Waals surface area (Å²) in [6, 6.07) is 16.7. The lowest BCUT2D eigenvalue weighted by Gasteiger charge is -2.29. The number of rotatable bonds is 12. The number of nitrogens with zero attached hydrogens (tertiary/aromatic N) is 1. The first-order chi connectivity index (χ1) is 13.6. The number of hydrogen-bond donors (Lipinski definition) is 0. The average Bonchev–Trinajstić information content (AvgIpc) is 2.73. The zero-order valence-electron chi connectivity index (χ0n) is 17.6. The fraction of sp³-hybridized carbons (Fsp3) is 0.417. The van der Waals surface area contributed by atoms with Crippen molar-refractivity contribution in [3.8, 4) is 11.5 Å². The Labute approximate surface area is 174 Å².